The molecule has 2 rings (SSSR count). The molecular formula is C13H21N5O. The van der Waals surface area contributed by atoms with Crippen LogP contribution in [0.3, 0.4) is 0 Å². The Bertz CT molecular complexity index is 505. The summed E-state index contributed by atoms with van der Waals surface area (Å²) in [5.41, 5.74) is 0.965. The molecule has 0 aliphatic carbocycles. The number of rotatable bonds is 7. The van der Waals surface area contributed by atoms with E-state index < -0.39 is 0 Å². The molecule has 0 saturated carbocycles. The van der Waals surface area contributed by atoms with Crippen molar-refractivity contribution < 1.29 is 4.42 Å². The lowest BCUT2D eigenvalue weighted by Crippen LogP contribution is -2.22. The predicted octanol–water partition coefficient (Wildman–Crippen LogP) is 1.03. The highest BCUT2D eigenvalue weighted by Crippen LogP contribution is 2.08. The van der Waals surface area contributed by atoms with Gasteiger partial charge in [0.15, 0.2) is 0 Å². The Hall–Kier alpha value is -1.66. The van der Waals surface area contributed by atoms with E-state index in [4.69, 9.17) is 4.42 Å². The Labute approximate surface area is 113 Å². The van der Waals surface area contributed by atoms with Crippen molar-refractivity contribution in [3.05, 3.63) is 35.5 Å². The average Bonchev–Trinajstić information content (AvgIpc) is 2.97. The van der Waals surface area contributed by atoms with E-state index in [0.717, 1.165) is 43.4 Å². The van der Waals surface area contributed by atoms with Gasteiger partial charge in [-0.3, -0.25) is 9.58 Å². The fraction of sp³-hybridized carbons (Fsp3) is 0.538. The van der Waals surface area contributed by atoms with Crippen LogP contribution < -0.4 is 5.32 Å². The summed E-state index contributed by atoms with van der Waals surface area (Å²) in [7, 11) is 3.97. The van der Waals surface area contributed by atoms with E-state index in [1.165, 1.54) is 0 Å². The van der Waals surface area contributed by atoms with Gasteiger partial charge >= 0.3 is 0 Å². The Kier molecular flexibility index (Phi) is 4.70. The van der Waals surface area contributed by atoms with E-state index in [1.54, 1.807) is 0 Å². The molecule has 19 heavy (non-hydrogen) atoms. The number of nitrogens with one attached hydrogen (secondary N) is 1. The summed E-state index contributed by atoms with van der Waals surface area (Å²) in [6, 6.07) is 4.01. The van der Waals surface area contributed by atoms with Crippen molar-refractivity contribution in [2.45, 2.75) is 26.6 Å². The van der Waals surface area contributed by atoms with Crippen molar-refractivity contribution in [2.75, 3.05) is 20.6 Å². The number of likely N-dealkylation sites (N-methyl/N-ethyl adjacent to an activating group) is 1. The first-order valence-electron chi connectivity index (χ1n) is 6.45. The zero-order chi connectivity index (χ0) is 13.7. The van der Waals surface area contributed by atoms with Gasteiger partial charge in [0.05, 0.1) is 18.8 Å². The van der Waals surface area contributed by atoms with Crippen LogP contribution in [0.1, 0.15) is 17.2 Å². The summed E-state index contributed by atoms with van der Waals surface area (Å²) in [6.07, 6.45) is 1.97. The zero-order valence-corrected chi connectivity index (χ0v) is 11.8. The summed E-state index contributed by atoms with van der Waals surface area (Å²) in [5.74, 6) is 1.95. The van der Waals surface area contributed by atoms with E-state index in [-0.39, 0.29) is 0 Å². The lowest BCUT2D eigenvalue weighted by Gasteiger charge is -2.14. The van der Waals surface area contributed by atoms with Gasteiger partial charge in [-0.1, -0.05) is 5.21 Å². The maximum Gasteiger partial charge on any atom is 0.118 e. The number of hydrogen-bond donors (Lipinski definition) is 1. The summed E-state index contributed by atoms with van der Waals surface area (Å²) in [5, 5.41) is 11.2. The molecule has 0 aromatic carbocycles. The third-order valence-electron chi connectivity index (χ3n) is 2.88. The van der Waals surface area contributed by atoms with Crippen molar-refractivity contribution >= 4 is 0 Å². The molecule has 104 valence electrons. The van der Waals surface area contributed by atoms with Gasteiger partial charge in [0.2, 0.25) is 0 Å². The molecule has 0 aliphatic heterocycles. The van der Waals surface area contributed by atoms with Crippen LogP contribution in [0.25, 0.3) is 0 Å². The zero-order valence-electron chi connectivity index (χ0n) is 11.8. The van der Waals surface area contributed by atoms with Crippen LogP contribution in [0.5, 0.6) is 0 Å². The van der Waals surface area contributed by atoms with Crippen LogP contribution in [0, 0.1) is 6.92 Å². The number of aromatic nitrogens is 3. The molecule has 0 saturated heterocycles. The number of hydrogen-bond acceptors (Lipinski definition) is 5. The van der Waals surface area contributed by atoms with E-state index in [2.05, 4.69) is 27.6 Å². The second kappa shape index (κ2) is 6.49. The monoisotopic (exact) mass is 263 g/mol. The Balaban J connectivity index is 1.77. The highest BCUT2D eigenvalue weighted by Gasteiger charge is 2.05. The van der Waals surface area contributed by atoms with E-state index >= 15 is 0 Å². The van der Waals surface area contributed by atoms with E-state index in [1.807, 2.05) is 37.0 Å². The lowest BCUT2D eigenvalue weighted by molar-refractivity contribution is 0.276. The van der Waals surface area contributed by atoms with Crippen molar-refractivity contribution in [1.82, 2.24) is 25.2 Å². The highest BCUT2D eigenvalue weighted by atomic mass is 16.3. The Morgan fingerprint density at radius 1 is 1.42 bits per heavy atom. The predicted molar refractivity (Wildman–Crippen MR) is 72.6 cm³/mol. The lowest BCUT2D eigenvalue weighted by atomic mass is 10.4. The Morgan fingerprint density at radius 3 is 2.95 bits per heavy atom. The molecule has 2 aromatic heterocycles. The van der Waals surface area contributed by atoms with Crippen LogP contribution in [-0.2, 0) is 19.6 Å². The minimum Gasteiger partial charge on any atom is -0.465 e. The first-order valence-corrected chi connectivity index (χ1v) is 6.45. The molecule has 0 radical (unpaired) electrons. The van der Waals surface area contributed by atoms with Crippen LogP contribution in [-0.4, -0.2) is 40.5 Å². The number of aryl methyl sites for hydroxylation is 1. The van der Waals surface area contributed by atoms with Gasteiger partial charge in [-0.05, 0) is 33.2 Å². The molecule has 0 spiro atoms. The van der Waals surface area contributed by atoms with Crippen LogP contribution in [0.15, 0.2) is 22.7 Å². The molecule has 0 unspecified atom stereocenters. The van der Waals surface area contributed by atoms with Crippen molar-refractivity contribution in [1.29, 1.82) is 0 Å². The number of nitrogens with zero attached hydrogens (tertiary/aromatic N) is 4. The molecule has 0 amide bonds. The highest BCUT2D eigenvalue weighted by molar-refractivity contribution is 5.05. The van der Waals surface area contributed by atoms with Crippen LogP contribution >= 0.6 is 0 Å². The molecule has 2 heterocycles. The minimum atomic E-state index is 0.751. The quantitative estimate of drug-likeness (QED) is 0.808. The van der Waals surface area contributed by atoms with E-state index in [0.29, 0.717) is 0 Å². The largest absolute Gasteiger partial charge is 0.465 e. The fourth-order valence-corrected chi connectivity index (χ4v) is 1.90. The van der Waals surface area contributed by atoms with E-state index in [9.17, 15) is 0 Å². The normalized spacial score (nSPS) is 11.4. The van der Waals surface area contributed by atoms with Gasteiger partial charge < -0.3 is 9.73 Å². The standard InChI is InChI=1S/C13H21N5O/c1-11-4-5-13(19-11)10-17(3)6-7-18-9-12(8-14-2)15-16-18/h4-5,9,14H,6-8,10H2,1-3H3. The third kappa shape index (κ3) is 4.18. The molecule has 6 heteroatoms. The average molecular weight is 263 g/mol. The Morgan fingerprint density at radius 2 is 2.26 bits per heavy atom. The van der Waals surface area contributed by atoms with Gasteiger partial charge in [-0.2, -0.15) is 0 Å². The fourth-order valence-electron chi connectivity index (χ4n) is 1.90. The molecule has 1 N–H and O–H groups in total. The van der Waals surface area contributed by atoms with Gasteiger partial charge in [0, 0.05) is 19.3 Å². The summed E-state index contributed by atoms with van der Waals surface area (Å²) in [6.45, 7) is 5.25. The van der Waals surface area contributed by atoms with Gasteiger partial charge in [-0.15, -0.1) is 5.10 Å². The second-order valence-corrected chi connectivity index (χ2v) is 4.75. The maximum atomic E-state index is 5.56. The van der Waals surface area contributed by atoms with Crippen LogP contribution in [0.4, 0.5) is 0 Å². The summed E-state index contributed by atoms with van der Waals surface area (Å²) < 4.78 is 7.43. The van der Waals surface area contributed by atoms with Crippen LogP contribution in [0.2, 0.25) is 0 Å². The van der Waals surface area contributed by atoms with Gasteiger partial charge in [0.25, 0.3) is 0 Å². The maximum absolute atomic E-state index is 5.56. The molecule has 6 nitrogen and oxygen atoms in total. The van der Waals surface area contributed by atoms with Crippen molar-refractivity contribution in [3.63, 3.8) is 0 Å². The molecular weight excluding hydrogens is 242 g/mol. The first-order chi connectivity index (χ1) is 9.17. The summed E-state index contributed by atoms with van der Waals surface area (Å²) >= 11 is 0. The molecule has 0 bridgehead atoms. The van der Waals surface area contributed by atoms with Crippen molar-refractivity contribution in [3.8, 4) is 0 Å². The van der Waals surface area contributed by atoms with Gasteiger partial charge in [-0.25, -0.2) is 0 Å². The second-order valence-electron chi connectivity index (χ2n) is 4.75. The minimum absolute atomic E-state index is 0.751. The smallest absolute Gasteiger partial charge is 0.118 e. The molecule has 0 fully saturated rings. The SMILES string of the molecule is CNCc1cn(CCN(C)Cc2ccc(C)o2)nn1. The number of furan rings is 1. The topological polar surface area (TPSA) is 59.1 Å². The molecule has 2 aromatic rings. The first kappa shape index (κ1) is 13.8. The summed E-state index contributed by atoms with van der Waals surface area (Å²) in [4.78, 5) is 2.21. The molecule has 0 atom stereocenters. The molecule has 0 aliphatic rings. The van der Waals surface area contributed by atoms with Crippen molar-refractivity contribution in [2.24, 2.45) is 0 Å². The van der Waals surface area contributed by atoms with Gasteiger partial charge in [0.1, 0.15) is 11.5 Å². The third-order valence-corrected chi connectivity index (χ3v) is 2.88.